The molecular formula is C14H19N3O. The van der Waals surface area contributed by atoms with Crippen molar-refractivity contribution in [1.29, 1.82) is 0 Å². The summed E-state index contributed by atoms with van der Waals surface area (Å²) in [5.74, 6) is 0. The number of aryl methyl sites for hydroxylation is 1. The number of hydrogen-bond acceptors (Lipinski definition) is 2. The highest BCUT2D eigenvalue weighted by Gasteiger charge is 2.15. The first-order valence-electron chi connectivity index (χ1n) is 6.66. The standard InChI is InChI=1S/C14H19N3O/c1-10-8-11-5-7-17(13(11)14(18)16-10)9-12-4-2-3-6-15-12/h5,7-8,12,15H,2-4,6,9H2,1H3,(H,16,18). The average Bonchev–Trinajstić information content (AvgIpc) is 2.73. The molecule has 1 aliphatic rings. The number of hydrogen-bond donors (Lipinski definition) is 2. The minimum atomic E-state index is 0.0193. The Morgan fingerprint density at radius 2 is 2.33 bits per heavy atom. The van der Waals surface area contributed by atoms with Crippen LogP contribution in [0.15, 0.2) is 23.1 Å². The van der Waals surface area contributed by atoms with E-state index in [9.17, 15) is 4.79 Å². The lowest BCUT2D eigenvalue weighted by molar-refractivity contribution is 0.366. The maximum atomic E-state index is 12.0. The zero-order chi connectivity index (χ0) is 12.5. The molecule has 0 spiro atoms. The van der Waals surface area contributed by atoms with Crippen LogP contribution in [0, 0.1) is 6.92 Å². The summed E-state index contributed by atoms with van der Waals surface area (Å²) >= 11 is 0. The van der Waals surface area contributed by atoms with Crippen LogP contribution in [0.25, 0.3) is 10.9 Å². The first kappa shape index (κ1) is 11.5. The normalized spacial score (nSPS) is 20.4. The summed E-state index contributed by atoms with van der Waals surface area (Å²) in [6.45, 7) is 3.90. The molecule has 0 bridgehead atoms. The van der Waals surface area contributed by atoms with Crippen LogP contribution >= 0.6 is 0 Å². The van der Waals surface area contributed by atoms with E-state index in [-0.39, 0.29) is 5.56 Å². The summed E-state index contributed by atoms with van der Waals surface area (Å²) in [6, 6.07) is 4.55. The van der Waals surface area contributed by atoms with Gasteiger partial charge in [0.15, 0.2) is 0 Å². The molecule has 3 heterocycles. The van der Waals surface area contributed by atoms with E-state index in [1.165, 1.54) is 19.3 Å². The highest BCUT2D eigenvalue weighted by Crippen LogP contribution is 2.15. The van der Waals surface area contributed by atoms with Crippen LogP contribution in [0.4, 0.5) is 0 Å². The van der Waals surface area contributed by atoms with Gasteiger partial charge in [-0.1, -0.05) is 6.42 Å². The van der Waals surface area contributed by atoms with Gasteiger partial charge in [-0.15, -0.1) is 0 Å². The summed E-state index contributed by atoms with van der Waals surface area (Å²) in [5.41, 5.74) is 1.74. The van der Waals surface area contributed by atoms with Crippen LogP contribution in [0.2, 0.25) is 0 Å². The topological polar surface area (TPSA) is 49.8 Å². The predicted octanol–water partition coefficient (Wildman–Crippen LogP) is 1.78. The number of nitrogens with one attached hydrogen (secondary N) is 2. The largest absolute Gasteiger partial charge is 0.341 e. The second-order valence-corrected chi connectivity index (χ2v) is 5.20. The third-order valence-corrected chi connectivity index (χ3v) is 3.72. The molecule has 1 aliphatic heterocycles. The summed E-state index contributed by atoms with van der Waals surface area (Å²) in [7, 11) is 0. The van der Waals surface area contributed by atoms with Crippen LogP contribution in [-0.2, 0) is 6.54 Å². The van der Waals surface area contributed by atoms with Gasteiger partial charge >= 0.3 is 0 Å². The molecule has 0 radical (unpaired) electrons. The van der Waals surface area contributed by atoms with Gasteiger partial charge in [0.25, 0.3) is 5.56 Å². The van der Waals surface area contributed by atoms with E-state index >= 15 is 0 Å². The molecule has 1 saturated heterocycles. The number of fused-ring (bicyclic) bond motifs is 1. The zero-order valence-corrected chi connectivity index (χ0v) is 10.7. The number of piperidine rings is 1. The Morgan fingerprint density at radius 3 is 3.11 bits per heavy atom. The smallest absolute Gasteiger partial charge is 0.272 e. The molecule has 1 unspecified atom stereocenters. The SMILES string of the molecule is Cc1cc2ccn(CC3CCCCN3)c2c(=O)[nH]1. The van der Waals surface area contributed by atoms with E-state index in [1.54, 1.807) is 0 Å². The molecule has 0 aromatic carbocycles. The molecule has 0 amide bonds. The van der Waals surface area contributed by atoms with Crippen LogP contribution in [0.5, 0.6) is 0 Å². The van der Waals surface area contributed by atoms with Gasteiger partial charge in [-0.3, -0.25) is 4.79 Å². The van der Waals surface area contributed by atoms with Gasteiger partial charge < -0.3 is 14.9 Å². The van der Waals surface area contributed by atoms with Crippen molar-refractivity contribution in [3.05, 3.63) is 34.4 Å². The van der Waals surface area contributed by atoms with Crippen LogP contribution in [-0.4, -0.2) is 22.1 Å². The second kappa shape index (κ2) is 4.61. The Balaban J connectivity index is 1.94. The molecule has 2 N–H and O–H groups in total. The minimum absolute atomic E-state index is 0.0193. The number of nitrogens with zero attached hydrogens (tertiary/aromatic N) is 1. The number of H-pyrrole nitrogens is 1. The maximum absolute atomic E-state index is 12.0. The summed E-state index contributed by atoms with van der Waals surface area (Å²) in [4.78, 5) is 14.9. The Morgan fingerprint density at radius 1 is 1.44 bits per heavy atom. The summed E-state index contributed by atoms with van der Waals surface area (Å²) in [5, 5.41) is 4.55. The molecule has 2 aromatic rings. The van der Waals surface area contributed by atoms with Gasteiger partial charge in [-0.2, -0.15) is 0 Å². The molecule has 1 atom stereocenters. The fourth-order valence-electron chi connectivity index (χ4n) is 2.84. The van der Waals surface area contributed by atoms with Crippen molar-refractivity contribution in [1.82, 2.24) is 14.9 Å². The third-order valence-electron chi connectivity index (χ3n) is 3.72. The quantitative estimate of drug-likeness (QED) is 0.847. The van der Waals surface area contributed by atoms with Crippen molar-refractivity contribution in [2.75, 3.05) is 6.54 Å². The van der Waals surface area contributed by atoms with Gasteiger partial charge in [0.05, 0.1) is 0 Å². The number of aromatic nitrogens is 2. The Hall–Kier alpha value is -1.55. The monoisotopic (exact) mass is 245 g/mol. The summed E-state index contributed by atoms with van der Waals surface area (Å²) < 4.78 is 2.08. The maximum Gasteiger partial charge on any atom is 0.272 e. The van der Waals surface area contributed by atoms with E-state index in [2.05, 4.69) is 14.9 Å². The third kappa shape index (κ3) is 2.08. The molecule has 4 nitrogen and oxygen atoms in total. The summed E-state index contributed by atoms with van der Waals surface area (Å²) in [6.07, 6.45) is 5.77. The molecular weight excluding hydrogens is 226 g/mol. The van der Waals surface area contributed by atoms with Crippen LogP contribution < -0.4 is 10.9 Å². The molecule has 18 heavy (non-hydrogen) atoms. The van der Waals surface area contributed by atoms with Gasteiger partial charge in [0, 0.05) is 29.9 Å². The first-order valence-corrected chi connectivity index (χ1v) is 6.66. The predicted molar refractivity (Wildman–Crippen MR) is 72.9 cm³/mol. The average molecular weight is 245 g/mol. The van der Waals surface area contributed by atoms with E-state index in [0.29, 0.717) is 6.04 Å². The molecule has 1 fully saturated rings. The molecule has 96 valence electrons. The van der Waals surface area contributed by atoms with E-state index in [4.69, 9.17) is 0 Å². The van der Waals surface area contributed by atoms with Crippen LogP contribution in [0.3, 0.4) is 0 Å². The molecule has 0 aliphatic carbocycles. The van der Waals surface area contributed by atoms with Gasteiger partial charge in [-0.25, -0.2) is 0 Å². The van der Waals surface area contributed by atoms with E-state index in [0.717, 1.165) is 29.7 Å². The number of rotatable bonds is 2. The highest BCUT2D eigenvalue weighted by atomic mass is 16.1. The van der Waals surface area contributed by atoms with Crippen molar-refractivity contribution in [3.63, 3.8) is 0 Å². The number of aromatic amines is 1. The van der Waals surface area contributed by atoms with Gasteiger partial charge in [0.1, 0.15) is 5.52 Å². The van der Waals surface area contributed by atoms with Crippen LogP contribution in [0.1, 0.15) is 25.0 Å². The minimum Gasteiger partial charge on any atom is -0.341 e. The zero-order valence-electron chi connectivity index (χ0n) is 10.7. The second-order valence-electron chi connectivity index (χ2n) is 5.20. The van der Waals surface area contributed by atoms with Crippen molar-refractivity contribution >= 4 is 10.9 Å². The van der Waals surface area contributed by atoms with E-state index in [1.807, 2.05) is 25.3 Å². The van der Waals surface area contributed by atoms with Crippen molar-refractivity contribution < 1.29 is 0 Å². The van der Waals surface area contributed by atoms with Crippen molar-refractivity contribution in [2.24, 2.45) is 0 Å². The Kier molecular flexibility index (Phi) is 2.96. The van der Waals surface area contributed by atoms with E-state index < -0.39 is 0 Å². The number of pyridine rings is 1. The lowest BCUT2D eigenvalue weighted by atomic mass is 10.1. The van der Waals surface area contributed by atoms with Crippen molar-refractivity contribution in [2.45, 2.75) is 38.8 Å². The Bertz CT molecular complexity index is 605. The van der Waals surface area contributed by atoms with Gasteiger partial charge in [-0.05, 0) is 38.4 Å². The molecule has 0 saturated carbocycles. The fourth-order valence-corrected chi connectivity index (χ4v) is 2.84. The molecule has 4 heteroatoms. The fraction of sp³-hybridized carbons (Fsp3) is 0.500. The first-order chi connectivity index (χ1) is 8.74. The highest BCUT2D eigenvalue weighted by molar-refractivity contribution is 5.79. The lowest BCUT2D eigenvalue weighted by Crippen LogP contribution is -2.37. The van der Waals surface area contributed by atoms with Crippen molar-refractivity contribution in [3.8, 4) is 0 Å². The Labute approximate surface area is 106 Å². The molecule has 2 aromatic heterocycles. The molecule has 3 rings (SSSR count). The lowest BCUT2D eigenvalue weighted by Gasteiger charge is -2.24. The van der Waals surface area contributed by atoms with Gasteiger partial charge in [0.2, 0.25) is 0 Å².